The molecule has 0 bridgehead atoms. The van der Waals surface area contributed by atoms with E-state index in [1.807, 2.05) is 6.07 Å². The van der Waals surface area contributed by atoms with Crippen LogP contribution in [0.15, 0.2) is 52.8 Å². The number of carbonyl (C=O) groups is 1. The van der Waals surface area contributed by atoms with Crippen molar-refractivity contribution in [3.63, 3.8) is 0 Å². The van der Waals surface area contributed by atoms with Crippen LogP contribution >= 0.6 is 0 Å². The molecular weight excluding hydrogens is 423 g/mol. The van der Waals surface area contributed by atoms with Gasteiger partial charge >= 0.3 is 0 Å². The topological polar surface area (TPSA) is 130 Å². The van der Waals surface area contributed by atoms with Gasteiger partial charge in [0.1, 0.15) is 17.2 Å². The minimum absolute atomic E-state index is 0. The summed E-state index contributed by atoms with van der Waals surface area (Å²) >= 11 is 0. The van der Waals surface area contributed by atoms with Crippen LogP contribution in [-0.4, -0.2) is 87.0 Å². The first kappa shape index (κ1) is 25.9. The molecule has 0 aliphatic heterocycles. The van der Waals surface area contributed by atoms with E-state index in [0.717, 1.165) is 0 Å². The van der Waals surface area contributed by atoms with Gasteiger partial charge in [-0.15, -0.1) is 5.11 Å². The molecule has 2 aromatic rings. The summed E-state index contributed by atoms with van der Waals surface area (Å²) in [7, 11) is 0.293. The molecule has 2 aromatic carbocycles. The molecule has 10 nitrogen and oxygen atoms in total. The van der Waals surface area contributed by atoms with Gasteiger partial charge in [-0.1, -0.05) is 23.4 Å². The Kier molecular flexibility index (Phi) is 10.2. The standard InChI is InChI=1S/C18H22N4O6S.Na/c1-22(9-10-29(24,25)26)21-20-15-12-16(27-2)14(11-17(15)28-3)19-18(23)13-7-5-4-6-8-13;/h4-8,11-12H,9-10H2,1-3H3,(H,19,23)(H,24,25,26);. The van der Waals surface area contributed by atoms with Gasteiger partial charge in [-0.05, 0) is 12.1 Å². The van der Waals surface area contributed by atoms with Crippen molar-refractivity contribution in [3.05, 3.63) is 48.0 Å². The quantitative estimate of drug-likeness (QED) is 0.262. The fourth-order valence-electron chi connectivity index (χ4n) is 2.26. The SMILES string of the molecule is COc1cc(NC(=O)c2ccccc2)c(OC)cc1N=NN(C)CCS(=O)(=O)O.[Na]. The Balaban J connectivity index is 0.00000450. The maximum atomic E-state index is 12.4. The van der Waals surface area contributed by atoms with Crippen molar-refractivity contribution in [3.8, 4) is 11.5 Å². The van der Waals surface area contributed by atoms with Crippen LogP contribution in [0.25, 0.3) is 0 Å². The van der Waals surface area contributed by atoms with Gasteiger partial charge in [-0.25, -0.2) is 0 Å². The first-order valence-electron chi connectivity index (χ1n) is 8.44. The van der Waals surface area contributed by atoms with Crippen LogP contribution in [0.2, 0.25) is 0 Å². The van der Waals surface area contributed by atoms with Crippen LogP contribution in [0.1, 0.15) is 10.4 Å². The Morgan fingerprint density at radius 3 is 2.33 bits per heavy atom. The van der Waals surface area contributed by atoms with Crippen molar-refractivity contribution in [2.75, 3.05) is 38.9 Å². The van der Waals surface area contributed by atoms with E-state index in [1.165, 1.54) is 32.3 Å². The van der Waals surface area contributed by atoms with Crippen LogP contribution in [-0.2, 0) is 10.1 Å². The van der Waals surface area contributed by atoms with E-state index in [-0.39, 0.29) is 42.0 Å². The second kappa shape index (κ2) is 11.9. The largest absolute Gasteiger partial charge is 0.494 e. The maximum absolute atomic E-state index is 12.4. The number of methoxy groups -OCH3 is 2. The summed E-state index contributed by atoms with van der Waals surface area (Å²) in [5.41, 5.74) is 1.18. The number of anilines is 1. The molecule has 0 saturated carbocycles. The number of rotatable bonds is 9. The average Bonchev–Trinajstić information content (AvgIpc) is 2.70. The minimum Gasteiger partial charge on any atom is -0.494 e. The number of nitrogens with one attached hydrogen (secondary N) is 1. The van der Waals surface area contributed by atoms with E-state index in [9.17, 15) is 13.2 Å². The molecule has 0 saturated heterocycles. The summed E-state index contributed by atoms with van der Waals surface area (Å²) in [6, 6.07) is 11.8. The number of nitrogens with zero attached hydrogens (tertiary/aromatic N) is 3. The molecule has 0 atom stereocenters. The number of ether oxygens (including phenoxy) is 2. The van der Waals surface area contributed by atoms with Crippen LogP contribution in [0.3, 0.4) is 0 Å². The summed E-state index contributed by atoms with van der Waals surface area (Å²) in [6.45, 7) is -0.0486. The Morgan fingerprint density at radius 2 is 1.77 bits per heavy atom. The van der Waals surface area contributed by atoms with E-state index in [4.69, 9.17) is 14.0 Å². The monoisotopic (exact) mass is 445 g/mol. The molecule has 0 unspecified atom stereocenters. The smallest absolute Gasteiger partial charge is 0.266 e. The molecule has 1 radical (unpaired) electrons. The fourth-order valence-corrected chi connectivity index (χ4v) is 2.75. The predicted molar refractivity (Wildman–Crippen MR) is 113 cm³/mol. The zero-order valence-corrected chi connectivity index (χ0v) is 20.0. The van der Waals surface area contributed by atoms with E-state index >= 15 is 0 Å². The van der Waals surface area contributed by atoms with Crippen molar-refractivity contribution < 1.29 is 27.2 Å². The molecule has 0 fully saturated rings. The van der Waals surface area contributed by atoms with Crippen LogP contribution < -0.4 is 14.8 Å². The number of amides is 1. The summed E-state index contributed by atoms with van der Waals surface area (Å²) in [5, 5.41) is 11.9. The fraction of sp³-hybridized carbons (Fsp3) is 0.278. The van der Waals surface area contributed by atoms with Gasteiger partial charge < -0.3 is 14.8 Å². The molecule has 2 rings (SSSR count). The number of hydrogen-bond acceptors (Lipinski definition) is 7. The molecule has 157 valence electrons. The van der Waals surface area contributed by atoms with Crippen molar-refractivity contribution in [2.45, 2.75) is 0 Å². The van der Waals surface area contributed by atoms with E-state index < -0.39 is 15.9 Å². The Morgan fingerprint density at radius 1 is 1.13 bits per heavy atom. The van der Waals surface area contributed by atoms with Gasteiger partial charge in [-0.2, -0.15) is 8.42 Å². The van der Waals surface area contributed by atoms with Crippen LogP contribution in [0.4, 0.5) is 11.4 Å². The average molecular weight is 445 g/mol. The molecule has 0 aromatic heterocycles. The van der Waals surface area contributed by atoms with E-state index in [2.05, 4.69) is 15.7 Å². The molecular formula is C18H22N4NaO6S. The Hall–Kier alpha value is -2.18. The van der Waals surface area contributed by atoms with Crippen molar-refractivity contribution in [1.29, 1.82) is 0 Å². The third-order valence-corrected chi connectivity index (χ3v) is 4.46. The Bertz CT molecular complexity index is 986. The molecule has 1 amide bonds. The molecule has 0 aliphatic rings. The third-order valence-electron chi connectivity index (χ3n) is 3.76. The number of carbonyl (C=O) groups excluding carboxylic acids is 1. The van der Waals surface area contributed by atoms with E-state index in [0.29, 0.717) is 28.4 Å². The second-order valence-electron chi connectivity index (χ2n) is 5.90. The molecule has 0 heterocycles. The van der Waals surface area contributed by atoms with Crippen molar-refractivity contribution in [1.82, 2.24) is 5.01 Å². The second-order valence-corrected chi connectivity index (χ2v) is 7.47. The molecule has 2 N–H and O–H groups in total. The van der Waals surface area contributed by atoms with Crippen LogP contribution in [0, 0.1) is 0 Å². The van der Waals surface area contributed by atoms with Gasteiger partial charge in [0.2, 0.25) is 0 Å². The summed E-state index contributed by atoms with van der Waals surface area (Å²) in [5.74, 6) is -0.135. The summed E-state index contributed by atoms with van der Waals surface area (Å²) < 4.78 is 41.0. The van der Waals surface area contributed by atoms with Crippen LogP contribution in [0.5, 0.6) is 11.5 Å². The van der Waals surface area contributed by atoms with Crippen molar-refractivity contribution in [2.24, 2.45) is 10.3 Å². The normalized spacial score (nSPS) is 10.9. The van der Waals surface area contributed by atoms with E-state index in [1.54, 1.807) is 30.3 Å². The predicted octanol–water partition coefficient (Wildman–Crippen LogP) is 2.39. The number of benzene rings is 2. The molecule has 30 heavy (non-hydrogen) atoms. The molecule has 12 heteroatoms. The summed E-state index contributed by atoms with van der Waals surface area (Å²) in [4.78, 5) is 12.4. The van der Waals surface area contributed by atoms with Crippen molar-refractivity contribution >= 4 is 57.0 Å². The van der Waals surface area contributed by atoms with Gasteiger partial charge in [0, 0.05) is 54.3 Å². The third kappa shape index (κ3) is 7.92. The first-order valence-corrected chi connectivity index (χ1v) is 10.0. The Labute approximate surface area is 197 Å². The molecule has 0 spiro atoms. The van der Waals surface area contributed by atoms with Gasteiger partial charge in [0.05, 0.1) is 32.2 Å². The van der Waals surface area contributed by atoms with Gasteiger partial charge in [0.15, 0.2) is 0 Å². The summed E-state index contributed by atoms with van der Waals surface area (Å²) in [6.07, 6.45) is 0. The minimum atomic E-state index is -4.09. The van der Waals surface area contributed by atoms with Gasteiger partial charge in [-0.3, -0.25) is 14.4 Å². The first-order chi connectivity index (χ1) is 13.7. The zero-order valence-electron chi connectivity index (χ0n) is 17.2. The zero-order chi connectivity index (χ0) is 21.4. The molecule has 0 aliphatic carbocycles. The van der Waals surface area contributed by atoms with Gasteiger partial charge in [0.25, 0.3) is 16.0 Å². The maximum Gasteiger partial charge on any atom is 0.266 e. The number of hydrogen-bond donors (Lipinski definition) is 2.